The molecule has 0 saturated carbocycles. The van der Waals surface area contributed by atoms with E-state index in [4.69, 9.17) is 11.6 Å². The summed E-state index contributed by atoms with van der Waals surface area (Å²) in [7, 11) is -3.68. The van der Waals surface area contributed by atoms with Crippen LogP contribution in [0.3, 0.4) is 0 Å². The minimum Gasteiger partial charge on any atom is -0.326 e. The summed E-state index contributed by atoms with van der Waals surface area (Å²) in [5.74, 6) is -0.253. The van der Waals surface area contributed by atoms with E-state index in [0.717, 1.165) is 12.0 Å². The predicted octanol–water partition coefficient (Wildman–Crippen LogP) is 3.21. The minimum atomic E-state index is -3.68. The molecule has 2 rings (SSSR count). The zero-order valence-electron chi connectivity index (χ0n) is 13.3. The first-order valence-electron chi connectivity index (χ1n) is 7.55. The Hall–Kier alpha value is -1.89. The van der Waals surface area contributed by atoms with E-state index in [1.807, 2.05) is 25.1 Å². The van der Waals surface area contributed by atoms with Gasteiger partial charge in [-0.25, -0.2) is 13.1 Å². The van der Waals surface area contributed by atoms with Gasteiger partial charge < -0.3 is 5.32 Å². The monoisotopic (exact) mass is 366 g/mol. The number of carbonyl (C=O) groups is 1. The van der Waals surface area contributed by atoms with Crippen LogP contribution in [0, 0.1) is 0 Å². The number of nitrogens with one attached hydrogen (secondary N) is 2. The van der Waals surface area contributed by atoms with Crippen LogP contribution in [0.15, 0.2) is 53.4 Å². The van der Waals surface area contributed by atoms with Crippen LogP contribution in [0.1, 0.15) is 18.9 Å². The second-order valence-corrected chi connectivity index (χ2v) is 7.41. The van der Waals surface area contributed by atoms with Gasteiger partial charge in [-0.15, -0.1) is 0 Å². The molecule has 0 aliphatic rings. The maximum atomic E-state index is 12.1. The summed E-state index contributed by atoms with van der Waals surface area (Å²) in [5.41, 5.74) is 1.83. The highest BCUT2D eigenvalue weighted by Crippen LogP contribution is 2.15. The maximum Gasteiger partial charge on any atom is 0.240 e. The van der Waals surface area contributed by atoms with Crippen molar-refractivity contribution >= 4 is 33.2 Å². The molecule has 2 N–H and O–H groups in total. The molecule has 0 radical (unpaired) electrons. The standard InChI is InChI=1S/C17H19ClN2O3S/c1-2-13-5-3-7-15(11-13)20-17(21)9-10-19-24(22,23)16-8-4-6-14(18)12-16/h3-8,11-12,19H,2,9-10H2,1H3,(H,20,21). The molecule has 0 aliphatic carbocycles. The van der Waals surface area contributed by atoms with Crippen LogP contribution >= 0.6 is 11.6 Å². The molecule has 0 aliphatic heterocycles. The van der Waals surface area contributed by atoms with Crippen LogP contribution in [-0.4, -0.2) is 20.9 Å². The Kier molecular flexibility index (Phi) is 6.36. The minimum absolute atomic E-state index is 0.00808. The summed E-state index contributed by atoms with van der Waals surface area (Å²) in [6.07, 6.45) is 0.916. The van der Waals surface area contributed by atoms with Crippen molar-refractivity contribution in [3.05, 3.63) is 59.1 Å². The Labute approximate surface area is 147 Å². The van der Waals surface area contributed by atoms with Crippen LogP contribution < -0.4 is 10.0 Å². The molecule has 0 unspecified atom stereocenters. The molecule has 0 aromatic heterocycles. The van der Waals surface area contributed by atoms with Gasteiger partial charge in [0.2, 0.25) is 15.9 Å². The van der Waals surface area contributed by atoms with Crippen molar-refractivity contribution in [1.82, 2.24) is 4.72 Å². The third-order valence-corrected chi connectivity index (χ3v) is 5.06. The molecular formula is C17H19ClN2O3S. The van der Waals surface area contributed by atoms with E-state index in [9.17, 15) is 13.2 Å². The quantitative estimate of drug-likeness (QED) is 0.790. The van der Waals surface area contributed by atoms with Crippen molar-refractivity contribution in [1.29, 1.82) is 0 Å². The molecule has 5 nitrogen and oxygen atoms in total. The summed E-state index contributed by atoms with van der Waals surface area (Å²) < 4.78 is 26.6. The molecule has 24 heavy (non-hydrogen) atoms. The highest BCUT2D eigenvalue weighted by atomic mass is 35.5. The summed E-state index contributed by atoms with van der Waals surface area (Å²) in [5, 5.41) is 3.10. The lowest BCUT2D eigenvalue weighted by Gasteiger charge is -2.08. The number of sulfonamides is 1. The van der Waals surface area contributed by atoms with Crippen LogP contribution in [0.4, 0.5) is 5.69 Å². The van der Waals surface area contributed by atoms with Gasteiger partial charge in [0, 0.05) is 23.7 Å². The Morgan fingerprint density at radius 2 is 1.88 bits per heavy atom. The fourth-order valence-corrected chi connectivity index (χ4v) is 3.44. The van der Waals surface area contributed by atoms with Gasteiger partial charge in [-0.1, -0.05) is 36.7 Å². The first-order chi connectivity index (χ1) is 11.4. The molecule has 0 saturated heterocycles. The molecule has 2 aromatic rings. The molecule has 2 aromatic carbocycles. The molecular weight excluding hydrogens is 348 g/mol. The summed E-state index contributed by atoms with van der Waals surface area (Å²) in [6, 6.07) is 13.5. The number of hydrogen-bond acceptors (Lipinski definition) is 3. The number of rotatable bonds is 7. The summed E-state index contributed by atoms with van der Waals surface area (Å²) in [6.45, 7) is 2.04. The molecule has 0 spiro atoms. The first-order valence-corrected chi connectivity index (χ1v) is 9.41. The number of amides is 1. The zero-order chi connectivity index (χ0) is 17.6. The van der Waals surface area contributed by atoms with Gasteiger partial charge in [0.15, 0.2) is 0 Å². The number of anilines is 1. The van der Waals surface area contributed by atoms with Crippen LogP contribution in [0.5, 0.6) is 0 Å². The Morgan fingerprint density at radius 3 is 2.58 bits per heavy atom. The van der Waals surface area contributed by atoms with Gasteiger partial charge in [0.05, 0.1) is 4.90 Å². The lowest BCUT2D eigenvalue weighted by atomic mass is 10.1. The fraction of sp³-hybridized carbons (Fsp3) is 0.235. The van der Waals surface area contributed by atoms with Crippen LogP contribution in [-0.2, 0) is 21.2 Å². The van der Waals surface area contributed by atoms with E-state index in [0.29, 0.717) is 10.7 Å². The Bertz CT molecular complexity index is 822. The highest BCUT2D eigenvalue weighted by molar-refractivity contribution is 7.89. The predicted molar refractivity (Wildman–Crippen MR) is 95.7 cm³/mol. The van der Waals surface area contributed by atoms with Crippen molar-refractivity contribution in [2.24, 2.45) is 0 Å². The molecule has 0 bridgehead atoms. The normalized spacial score (nSPS) is 11.2. The van der Waals surface area contributed by atoms with E-state index < -0.39 is 10.0 Å². The molecule has 0 heterocycles. The summed E-state index contributed by atoms with van der Waals surface area (Å²) >= 11 is 5.79. The summed E-state index contributed by atoms with van der Waals surface area (Å²) in [4.78, 5) is 12.0. The number of aryl methyl sites for hydroxylation is 1. The van der Waals surface area contributed by atoms with Crippen molar-refractivity contribution in [2.75, 3.05) is 11.9 Å². The molecule has 0 atom stereocenters. The van der Waals surface area contributed by atoms with Crippen molar-refractivity contribution < 1.29 is 13.2 Å². The van der Waals surface area contributed by atoms with Gasteiger partial charge in [0.1, 0.15) is 0 Å². The van der Waals surface area contributed by atoms with Crippen molar-refractivity contribution in [2.45, 2.75) is 24.7 Å². The van der Waals surface area contributed by atoms with Gasteiger partial charge >= 0.3 is 0 Å². The average molecular weight is 367 g/mol. The SMILES string of the molecule is CCc1cccc(NC(=O)CCNS(=O)(=O)c2cccc(Cl)c2)c1. The number of benzene rings is 2. The lowest BCUT2D eigenvalue weighted by molar-refractivity contribution is -0.116. The second-order valence-electron chi connectivity index (χ2n) is 5.21. The second kappa shape index (κ2) is 8.28. The third-order valence-electron chi connectivity index (χ3n) is 3.37. The van der Waals surface area contributed by atoms with Gasteiger partial charge in [0.25, 0.3) is 0 Å². The van der Waals surface area contributed by atoms with E-state index in [2.05, 4.69) is 10.0 Å². The zero-order valence-corrected chi connectivity index (χ0v) is 14.8. The lowest BCUT2D eigenvalue weighted by Crippen LogP contribution is -2.27. The van der Waals surface area contributed by atoms with Crippen LogP contribution in [0.2, 0.25) is 5.02 Å². The number of hydrogen-bond donors (Lipinski definition) is 2. The number of halogens is 1. The molecule has 1 amide bonds. The third kappa shape index (κ3) is 5.33. The van der Waals surface area contributed by atoms with Gasteiger partial charge in [-0.2, -0.15) is 0 Å². The topological polar surface area (TPSA) is 75.3 Å². The van der Waals surface area contributed by atoms with Gasteiger partial charge in [-0.3, -0.25) is 4.79 Å². The Morgan fingerprint density at radius 1 is 1.12 bits per heavy atom. The Balaban J connectivity index is 1.88. The molecule has 128 valence electrons. The largest absolute Gasteiger partial charge is 0.326 e. The van der Waals surface area contributed by atoms with E-state index in [-0.39, 0.29) is 23.8 Å². The molecule has 7 heteroatoms. The fourth-order valence-electron chi connectivity index (χ4n) is 2.11. The van der Waals surface area contributed by atoms with E-state index >= 15 is 0 Å². The average Bonchev–Trinajstić information content (AvgIpc) is 2.55. The smallest absolute Gasteiger partial charge is 0.240 e. The van der Waals surface area contributed by atoms with Crippen molar-refractivity contribution in [3.63, 3.8) is 0 Å². The van der Waals surface area contributed by atoms with Crippen LogP contribution in [0.25, 0.3) is 0 Å². The highest BCUT2D eigenvalue weighted by Gasteiger charge is 2.14. The van der Waals surface area contributed by atoms with Gasteiger partial charge in [-0.05, 0) is 42.3 Å². The first kappa shape index (κ1) is 18.4. The van der Waals surface area contributed by atoms with E-state index in [1.54, 1.807) is 18.2 Å². The number of carbonyl (C=O) groups excluding carboxylic acids is 1. The van der Waals surface area contributed by atoms with Crippen molar-refractivity contribution in [3.8, 4) is 0 Å². The van der Waals surface area contributed by atoms with E-state index in [1.165, 1.54) is 12.1 Å². The maximum absolute atomic E-state index is 12.1. The molecule has 0 fully saturated rings.